The van der Waals surface area contributed by atoms with Crippen LogP contribution in [0.1, 0.15) is 348 Å². The molecule has 0 aliphatic heterocycles. The van der Waals surface area contributed by atoms with Crippen LogP contribution in [0, 0.1) is 0 Å². The van der Waals surface area contributed by atoms with Crippen molar-refractivity contribution in [2.75, 3.05) is 13.2 Å². The van der Waals surface area contributed by atoms with Crippen molar-refractivity contribution >= 4 is 11.9 Å². The Labute approximate surface area is 437 Å². The minimum Gasteiger partial charge on any atom is -0.466 e. The molecule has 2 unspecified atom stereocenters. The number of aliphatic hydroxyl groups excluding tert-OH is 2. The van der Waals surface area contributed by atoms with Crippen LogP contribution in [0.5, 0.6) is 0 Å². The number of ether oxygens (including phenoxy) is 1. The molecule has 0 rings (SSSR count). The molecule has 0 saturated heterocycles. The van der Waals surface area contributed by atoms with Crippen LogP contribution in [-0.2, 0) is 14.3 Å². The number of unbranched alkanes of at least 4 members (excludes halogenated alkanes) is 46. The predicted molar refractivity (Wildman–Crippen MR) is 306 cm³/mol. The second-order valence-corrected chi connectivity index (χ2v) is 21.7. The number of aliphatic hydroxyl groups is 2. The van der Waals surface area contributed by atoms with Gasteiger partial charge in [0.25, 0.3) is 0 Å². The molecule has 0 fully saturated rings. The summed E-state index contributed by atoms with van der Waals surface area (Å²) in [5, 5.41) is 23.1. The maximum absolute atomic E-state index is 12.5. The quantitative estimate of drug-likeness (QED) is 0.0321. The van der Waals surface area contributed by atoms with Crippen molar-refractivity contribution in [3.63, 3.8) is 0 Å². The molecule has 0 aliphatic rings. The molecule has 0 radical (unpaired) electrons. The van der Waals surface area contributed by atoms with E-state index in [0.717, 1.165) is 44.9 Å². The van der Waals surface area contributed by atoms with E-state index in [1.807, 2.05) is 6.08 Å². The normalized spacial score (nSPS) is 12.7. The van der Waals surface area contributed by atoms with Crippen LogP contribution < -0.4 is 5.32 Å². The highest BCUT2D eigenvalue weighted by atomic mass is 16.5. The smallest absolute Gasteiger partial charge is 0.305 e. The van der Waals surface area contributed by atoms with E-state index in [4.69, 9.17) is 4.74 Å². The highest BCUT2D eigenvalue weighted by Gasteiger charge is 2.18. The maximum atomic E-state index is 12.5. The number of amides is 1. The summed E-state index contributed by atoms with van der Waals surface area (Å²) in [6.07, 6.45) is 73.6. The van der Waals surface area contributed by atoms with Gasteiger partial charge in [-0.3, -0.25) is 9.59 Å². The zero-order valence-corrected chi connectivity index (χ0v) is 47.3. The first-order chi connectivity index (χ1) is 34.5. The van der Waals surface area contributed by atoms with Gasteiger partial charge < -0.3 is 20.3 Å². The second-order valence-electron chi connectivity index (χ2n) is 21.7. The Morgan fingerprint density at radius 2 is 0.671 bits per heavy atom. The van der Waals surface area contributed by atoms with Gasteiger partial charge in [0.15, 0.2) is 0 Å². The molecule has 0 saturated carbocycles. The molecule has 0 heterocycles. The Bertz CT molecular complexity index is 1090. The zero-order valence-electron chi connectivity index (χ0n) is 47.3. The molecule has 0 aliphatic carbocycles. The largest absolute Gasteiger partial charge is 0.466 e. The fourth-order valence-corrected chi connectivity index (χ4v) is 9.87. The van der Waals surface area contributed by atoms with Gasteiger partial charge in [0.2, 0.25) is 5.91 Å². The number of rotatable bonds is 59. The van der Waals surface area contributed by atoms with Crippen molar-refractivity contribution < 1.29 is 24.5 Å². The summed E-state index contributed by atoms with van der Waals surface area (Å²) in [4.78, 5) is 24.5. The predicted octanol–water partition coefficient (Wildman–Crippen LogP) is 19.8. The fourth-order valence-electron chi connectivity index (χ4n) is 9.87. The van der Waals surface area contributed by atoms with E-state index >= 15 is 0 Å². The summed E-state index contributed by atoms with van der Waals surface area (Å²) in [6, 6.07) is -0.632. The van der Waals surface area contributed by atoms with E-state index in [1.54, 1.807) is 6.08 Å². The van der Waals surface area contributed by atoms with E-state index in [0.29, 0.717) is 19.4 Å². The fraction of sp³-hybridized carbons (Fsp3) is 0.906. The number of hydrogen-bond acceptors (Lipinski definition) is 5. The standard InChI is InChI=1S/C64H123NO5/c1-3-5-7-9-11-13-15-17-19-30-34-38-42-46-50-54-58-64(69)70-59-55-51-47-43-39-35-31-27-25-23-21-20-22-24-26-29-33-37-41-45-49-53-57-63(68)65-61(60-66)62(67)56-52-48-44-40-36-32-28-18-16-14-12-10-8-6-4-2/h22,24,52,56,61-62,66-67H,3-21,23,25-51,53-55,57-60H2,1-2H3,(H,65,68)/b24-22-,56-52+. The Kier molecular flexibility index (Phi) is 58.5. The first kappa shape index (κ1) is 68.3. The molecule has 6 heteroatoms. The third kappa shape index (κ3) is 55.7. The van der Waals surface area contributed by atoms with Gasteiger partial charge in [-0.25, -0.2) is 0 Å². The van der Waals surface area contributed by atoms with Gasteiger partial charge in [-0.1, -0.05) is 301 Å². The zero-order chi connectivity index (χ0) is 50.7. The molecular weight excluding hydrogens is 863 g/mol. The van der Waals surface area contributed by atoms with Crippen LogP contribution in [0.15, 0.2) is 24.3 Å². The van der Waals surface area contributed by atoms with Crippen LogP contribution in [0.3, 0.4) is 0 Å². The van der Waals surface area contributed by atoms with Gasteiger partial charge in [0.05, 0.1) is 25.4 Å². The van der Waals surface area contributed by atoms with Crippen LogP contribution in [-0.4, -0.2) is 47.4 Å². The molecule has 0 aromatic heterocycles. The van der Waals surface area contributed by atoms with Crippen molar-refractivity contribution in [3.05, 3.63) is 24.3 Å². The monoisotopic (exact) mass is 986 g/mol. The van der Waals surface area contributed by atoms with Crippen molar-refractivity contribution in [3.8, 4) is 0 Å². The summed E-state index contributed by atoms with van der Waals surface area (Å²) in [5.74, 6) is -0.0601. The average Bonchev–Trinajstić information content (AvgIpc) is 3.36. The third-order valence-electron chi connectivity index (χ3n) is 14.7. The second kappa shape index (κ2) is 59.9. The van der Waals surface area contributed by atoms with E-state index in [2.05, 4.69) is 31.3 Å². The number of carbonyl (C=O) groups is 2. The molecule has 3 N–H and O–H groups in total. The lowest BCUT2D eigenvalue weighted by Gasteiger charge is -2.20. The van der Waals surface area contributed by atoms with Crippen molar-refractivity contribution in [2.45, 2.75) is 360 Å². The Morgan fingerprint density at radius 1 is 0.386 bits per heavy atom. The first-order valence-electron chi connectivity index (χ1n) is 31.6. The summed E-state index contributed by atoms with van der Waals surface area (Å²) in [5.41, 5.74) is 0. The molecule has 1 amide bonds. The van der Waals surface area contributed by atoms with E-state index in [1.165, 1.54) is 276 Å². The third-order valence-corrected chi connectivity index (χ3v) is 14.7. The van der Waals surface area contributed by atoms with E-state index in [9.17, 15) is 19.8 Å². The van der Waals surface area contributed by atoms with Crippen LogP contribution in [0.25, 0.3) is 0 Å². The van der Waals surface area contributed by atoms with Gasteiger partial charge in [-0.05, 0) is 57.8 Å². The molecule has 6 nitrogen and oxygen atoms in total. The Morgan fingerprint density at radius 3 is 1.01 bits per heavy atom. The first-order valence-corrected chi connectivity index (χ1v) is 31.6. The molecular formula is C64H123NO5. The van der Waals surface area contributed by atoms with Crippen LogP contribution >= 0.6 is 0 Å². The SMILES string of the molecule is CCCCCCCCCCCCCCC/C=C/C(O)C(CO)NC(=O)CCCCCCCCC/C=C\CCCCCCCCCCCCCOC(=O)CCCCCCCCCCCCCCCCCC. The molecule has 70 heavy (non-hydrogen) atoms. The molecule has 0 aromatic rings. The van der Waals surface area contributed by atoms with Crippen LogP contribution in [0.4, 0.5) is 0 Å². The van der Waals surface area contributed by atoms with Crippen molar-refractivity contribution in [1.29, 1.82) is 0 Å². The average molecular weight is 987 g/mol. The summed E-state index contributed by atoms with van der Waals surface area (Å²) < 4.78 is 5.49. The number of allylic oxidation sites excluding steroid dienone is 3. The van der Waals surface area contributed by atoms with Gasteiger partial charge in [0, 0.05) is 12.8 Å². The van der Waals surface area contributed by atoms with E-state index < -0.39 is 12.1 Å². The number of esters is 1. The van der Waals surface area contributed by atoms with Gasteiger partial charge >= 0.3 is 5.97 Å². The van der Waals surface area contributed by atoms with Crippen molar-refractivity contribution in [1.82, 2.24) is 5.32 Å². The summed E-state index contributed by atoms with van der Waals surface area (Å²) in [7, 11) is 0. The lowest BCUT2D eigenvalue weighted by Crippen LogP contribution is -2.45. The van der Waals surface area contributed by atoms with E-state index in [-0.39, 0.29) is 18.5 Å². The Hall–Kier alpha value is -1.66. The molecule has 0 bridgehead atoms. The minimum atomic E-state index is -0.848. The van der Waals surface area contributed by atoms with Gasteiger partial charge in [-0.15, -0.1) is 0 Å². The lowest BCUT2D eigenvalue weighted by atomic mass is 10.0. The molecule has 414 valence electrons. The summed E-state index contributed by atoms with van der Waals surface area (Å²) in [6.45, 7) is 4.92. The van der Waals surface area contributed by atoms with Gasteiger partial charge in [-0.2, -0.15) is 0 Å². The number of hydrogen-bond donors (Lipinski definition) is 3. The van der Waals surface area contributed by atoms with Crippen molar-refractivity contribution in [2.24, 2.45) is 0 Å². The minimum absolute atomic E-state index is 0.0132. The highest BCUT2D eigenvalue weighted by molar-refractivity contribution is 5.76. The molecule has 0 aromatic carbocycles. The molecule has 2 atom stereocenters. The maximum Gasteiger partial charge on any atom is 0.305 e. The Balaban J connectivity index is 3.42. The van der Waals surface area contributed by atoms with Crippen LogP contribution in [0.2, 0.25) is 0 Å². The topological polar surface area (TPSA) is 95.9 Å². The lowest BCUT2D eigenvalue weighted by molar-refractivity contribution is -0.143. The summed E-state index contributed by atoms with van der Waals surface area (Å²) >= 11 is 0. The number of nitrogens with one attached hydrogen (secondary N) is 1. The highest BCUT2D eigenvalue weighted by Crippen LogP contribution is 2.17. The number of carbonyl (C=O) groups excluding carboxylic acids is 2. The van der Waals surface area contributed by atoms with Gasteiger partial charge in [0.1, 0.15) is 0 Å². The molecule has 0 spiro atoms.